The fourth-order valence-electron chi connectivity index (χ4n) is 11.4. The molecule has 14 heteroatoms. The Balaban J connectivity index is 0.000000178. The first-order chi connectivity index (χ1) is 35.2. The van der Waals surface area contributed by atoms with Crippen LogP contribution >= 0.6 is 0 Å². The highest BCUT2D eigenvalue weighted by molar-refractivity contribution is 5.94. The van der Waals surface area contributed by atoms with Gasteiger partial charge in [-0.2, -0.15) is 9.97 Å². The quantitative estimate of drug-likeness (QED) is 0.118. The molecular formula is C58H84N12O2. The number of benzene rings is 2. The SMILES string of the molecule is COc1cc2c(NC3CCN(C(C)C)CC3)nc(N3CCCC3)nc2cc1C#CCCN1CCCC1.COc1cc2c(NC3CCN(C(C)C)CC3)nc(N3CCCC3)nc2cc1C#CCCN1CCCC1. The molecule has 388 valence electrons. The molecule has 0 atom stereocenters. The fourth-order valence-corrected chi connectivity index (χ4v) is 11.4. The topological polar surface area (TPSA) is 114 Å². The molecule has 6 fully saturated rings. The van der Waals surface area contributed by atoms with Gasteiger partial charge in [0, 0.05) is 113 Å². The summed E-state index contributed by atoms with van der Waals surface area (Å²) in [5.74, 6) is 18.7. The van der Waals surface area contributed by atoms with Crippen LogP contribution in [0.5, 0.6) is 11.5 Å². The number of anilines is 4. The number of rotatable bonds is 14. The molecule has 0 amide bonds. The van der Waals surface area contributed by atoms with Crippen molar-refractivity contribution in [3.63, 3.8) is 0 Å². The monoisotopic (exact) mass is 981 g/mol. The lowest BCUT2D eigenvalue weighted by atomic mass is 10.0. The Labute approximate surface area is 431 Å². The van der Waals surface area contributed by atoms with E-state index >= 15 is 0 Å². The van der Waals surface area contributed by atoms with Gasteiger partial charge in [0.15, 0.2) is 0 Å². The highest BCUT2D eigenvalue weighted by atomic mass is 16.5. The second-order valence-electron chi connectivity index (χ2n) is 21.6. The summed E-state index contributed by atoms with van der Waals surface area (Å²) in [4.78, 5) is 34.9. The predicted octanol–water partition coefficient (Wildman–Crippen LogP) is 8.72. The molecule has 10 rings (SSSR count). The zero-order chi connectivity index (χ0) is 49.8. The molecule has 6 aliphatic heterocycles. The molecule has 6 aliphatic rings. The second kappa shape index (κ2) is 25.2. The molecule has 2 aromatic carbocycles. The number of fused-ring (bicyclic) bond motifs is 2. The molecule has 0 aliphatic carbocycles. The van der Waals surface area contributed by atoms with Gasteiger partial charge in [-0.1, -0.05) is 23.7 Å². The minimum atomic E-state index is 0.417. The molecule has 0 bridgehead atoms. The minimum Gasteiger partial charge on any atom is -0.495 e. The van der Waals surface area contributed by atoms with E-state index in [1.807, 2.05) is 0 Å². The van der Waals surface area contributed by atoms with Crippen LogP contribution in [0.4, 0.5) is 23.5 Å². The van der Waals surface area contributed by atoms with E-state index in [0.717, 1.165) is 172 Å². The second-order valence-corrected chi connectivity index (χ2v) is 21.6. The third-order valence-electron chi connectivity index (χ3n) is 15.9. The molecule has 2 N–H and O–H groups in total. The van der Waals surface area contributed by atoms with Gasteiger partial charge in [0.1, 0.15) is 23.1 Å². The van der Waals surface area contributed by atoms with Crippen molar-refractivity contribution < 1.29 is 9.47 Å². The molecule has 14 nitrogen and oxygen atoms in total. The summed E-state index contributed by atoms with van der Waals surface area (Å²) in [6.45, 7) is 24.7. The number of methoxy groups -OCH3 is 2. The number of ether oxygens (including phenoxy) is 2. The average Bonchev–Trinajstić information content (AvgIpc) is 4.27. The van der Waals surface area contributed by atoms with Crippen LogP contribution in [0.1, 0.15) is 129 Å². The smallest absolute Gasteiger partial charge is 0.227 e. The van der Waals surface area contributed by atoms with E-state index in [9.17, 15) is 0 Å². The summed E-state index contributed by atoms with van der Waals surface area (Å²) in [7, 11) is 3.45. The van der Waals surface area contributed by atoms with Crippen LogP contribution in [-0.4, -0.2) is 170 Å². The Morgan fingerprint density at radius 3 is 1.21 bits per heavy atom. The van der Waals surface area contributed by atoms with E-state index < -0.39 is 0 Å². The molecule has 6 saturated heterocycles. The highest BCUT2D eigenvalue weighted by Gasteiger charge is 2.26. The van der Waals surface area contributed by atoms with Crippen molar-refractivity contribution in [2.24, 2.45) is 0 Å². The first-order valence-electron chi connectivity index (χ1n) is 27.9. The van der Waals surface area contributed by atoms with Gasteiger partial charge in [-0.3, -0.25) is 0 Å². The molecule has 0 unspecified atom stereocenters. The highest BCUT2D eigenvalue weighted by Crippen LogP contribution is 2.34. The van der Waals surface area contributed by atoms with Crippen molar-refractivity contribution in [1.29, 1.82) is 0 Å². The van der Waals surface area contributed by atoms with Gasteiger partial charge in [-0.15, -0.1) is 0 Å². The Morgan fingerprint density at radius 2 is 0.861 bits per heavy atom. The maximum absolute atomic E-state index is 5.79. The lowest BCUT2D eigenvalue weighted by molar-refractivity contribution is 0.177. The van der Waals surface area contributed by atoms with Gasteiger partial charge >= 0.3 is 0 Å². The Kier molecular flexibility index (Phi) is 18.1. The van der Waals surface area contributed by atoms with Crippen molar-refractivity contribution in [2.45, 2.75) is 142 Å². The number of piperidine rings is 2. The van der Waals surface area contributed by atoms with E-state index in [0.29, 0.717) is 24.2 Å². The van der Waals surface area contributed by atoms with Crippen LogP contribution in [-0.2, 0) is 0 Å². The number of aromatic nitrogens is 4. The fraction of sp³-hybridized carbons (Fsp3) is 0.655. The number of likely N-dealkylation sites (tertiary alicyclic amines) is 4. The van der Waals surface area contributed by atoms with Gasteiger partial charge < -0.3 is 49.5 Å². The Hall–Kier alpha value is -5.12. The molecule has 0 saturated carbocycles. The zero-order valence-electron chi connectivity index (χ0n) is 44.7. The standard InChI is InChI=1S/2C29H42N6O/c2*1-22(2)34-18-11-24(12-19-34)30-28-25-21-27(36-3)23(10-4-5-13-33-14-6-7-15-33)20-26(25)31-29(32-28)35-16-8-9-17-35/h2*20-22,24H,5-9,11-19H2,1-3H3,(H,30,31,32). The van der Waals surface area contributed by atoms with E-state index in [2.05, 4.69) is 116 Å². The summed E-state index contributed by atoms with van der Waals surface area (Å²) < 4.78 is 11.6. The number of hydrogen-bond donors (Lipinski definition) is 2. The summed E-state index contributed by atoms with van der Waals surface area (Å²) in [5, 5.41) is 9.63. The van der Waals surface area contributed by atoms with Crippen LogP contribution in [0.15, 0.2) is 24.3 Å². The van der Waals surface area contributed by atoms with Gasteiger partial charge in [0.2, 0.25) is 11.9 Å². The molecule has 2 aromatic heterocycles. The van der Waals surface area contributed by atoms with E-state index in [-0.39, 0.29) is 0 Å². The number of nitrogens with zero attached hydrogens (tertiary/aromatic N) is 10. The Morgan fingerprint density at radius 1 is 0.500 bits per heavy atom. The zero-order valence-corrected chi connectivity index (χ0v) is 44.7. The Bertz CT molecular complexity index is 2350. The van der Waals surface area contributed by atoms with E-state index in [1.165, 1.54) is 77.5 Å². The maximum Gasteiger partial charge on any atom is 0.227 e. The predicted molar refractivity (Wildman–Crippen MR) is 296 cm³/mol. The van der Waals surface area contributed by atoms with Crippen LogP contribution < -0.4 is 29.9 Å². The molecular weight excluding hydrogens is 897 g/mol. The van der Waals surface area contributed by atoms with Gasteiger partial charge in [0.25, 0.3) is 0 Å². The molecule has 0 radical (unpaired) electrons. The summed E-state index contributed by atoms with van der Waals surface area (Å²) in [5.41, 5.74) is 3.71. The number of hydrogen-bond acceptors (Lipinski definition) is 14. The van der Waals surface area contributed by atoms with Crippen LogP contribution in [0.2, 0.25) is 0 Å². The van der Waals surface area contributed by atoms with Crippen molar-refractivity contribution in [3.8, 4) is 35.2 Å². The molecule has 4 aromatic rings. The number of nitrogens with one attached hydrogen (secondary N) is 2. The molecule has 72 heavy (non-hydrogen) atoms. The summed E-state index contributed by atoms with van der Waals surface area (Å²) >= 11 is 0. The van der Waals surface area contributed by atoms with Crippen molar-refractivity contribution in [3.05, 3.63) is 35.4 Å². The van der Waals surface area contributed by atoms with Crippen molar-refractivity contribution in [1.82, 2.24) is 39.5 Å². The van der Waals surface area contributed by atoms with E-state index in [4.69, 9.17) is 29.4 Å². The van der Waals surface area contributed by atoms with Crippen LogP contribution in [0.3, 0.4) is 0 Å². The third-order valence-corrected chi connectivity index (χ3v) is 15.9. The van der Waals surface area contributed by atoms with Crippen LogP contribution in [0, 0.1) is 23.7 Å². The minimum absolute atomic E-state index is 0.417. The normalized spacial score (nSPS) is 19.7. The van der Waals surface area contributed by atoms with Crippen molar-refractivity contribution >= 4 is 45.3 Å². The third kappa shape index (κ3) is 13.3. The lowest BCUT2D eigenvalue weighted by Gasteiger charge is -2.35. The van der Waals surface area contributed by atoms with E-state index in [1.54, 1.807) is 14.2 Å². The van der Waals surface area contributed by atoms with Crippen LogP contribution in [0.25, 0.3) is 21.8 Å². The lowest BCUT2D eigenvalue weighted by Crippen LogP contribution is -2.42. The van der Waals surface area contributed by atoms with Gasteiger partial charge in [0.05, 0.1) is 36.4 Å². The maximum atomic E-state index is 5.79. The summed E-state index contributed by atoms with van der Waals surface area (Å²) in [6.07, 6.45) is 16.3. The largest absolute Gasteiger partial charge is 0.495 e. The first kappa shape index (κ1) is 51.8. The van der Waals surface area contributed by atoms with Crippen molar-refractivity contribution in [2.75, 3.05) is 126 Å². The molecule has 8 heterocycles. The first-order valence-corrected chi connectivity index (χ1v) is 27.9. The van der Waals surface area contributed by atoms with Gasteiger partial charge in [-0.25, -0.2) is 9.97 Å². The summed E-state index contributed by atoms with van der Waals surface area (Å²) in [6, 6.07) is 10.4. The van der Waals surface area contributed by atoms with Gasteiger partial charge in [-0.05, 0) is 155 Å². The molecule has 0 spiro atoms. The average molecular weight is 981 g/mol.